The third-order valence-electron chi connectivity index (χ3n) is 4.91. The van der Waals surface area contributed by atoms with Crippen molar-refractivity contribution < 1.29 is 17.6 Å². The van der Waals surface area contributed by atoms with Gasteiger partial charge in [0, 0.05) is 12.2 Å². The molecule has 2 aromatic carbocycles. The number of hydrogen-bond acceptors (Lipinski definition) is 6. The molecule has 0 aliphatic carbocycles. The Morgan fingerprint density at radius 1 is 1.15 bits per heavy atom. The summed E-state index contributed by atoms with van der Waals surface area (Å²) in [6, 6.07) is 11.1. The predicted molar refractivity (Wildman–Crippen MR) is 128 cm³/mol. The number of hydrogen-bond donors (Lipinski definition) is 1. The number of halogens is 1. The van der Waals surface area contributed by atoms with E-state index >= 15 is 0 Å². The van der Waals surface area contributed by atoms with E-state index in [4.69, 9.17) is 0 Å². The molecule has 11 heteroatoms. The van der Waals surface area contributed by atoms with E-state index in [0.29, 0.717) is 23.2 Å². The molecule has 0 unspecified atom stereocenters. The lowest BCUT2D eigenvalue weighted by Gasteiger charge is -2.22. The smallest absolute Gasteiger partial charge is 0.234 e. The summed E-state index contributed by atoms with van der Waals surface area (Å²) in [5.74, 6) is -0.0874. The maximum absolute atomic E-state index is 13.3. The Morgan fingerprint density at radius 3 is 2.48 bits per heavy atom. The molecule has 0 bridgehead atoms. The predicted octanol–water partition coefficient (Wildman–Crippen LogP) is 3.75. The highest BCUT2D eigenvalue weighted by Crippen LogP contribution is 2.24. The van der Waals surface area contributed by atoms with Gasteiger partial charge in [0.25, 0.3) is 0 Å². The number of nitrogens with zero attached hydrogens (tertiary/aromatic N) is 4. The van der Waals surface area contributed by atoms with Gasteiger partial charge in [-0.2, -0.15) is 0 Å². The average molecular weight is 492 g/mol. The molecule has 1 amide bonds. The van der Waals surface area contributed by atoms with Gasteiger partial charge in [-0.15, -0.1) is 10.2 Å². The number of carbonyl (C=O) groups excluding carboxylic acids is 1. The number of sulfonamides is 1. The van der Waals surface area contributed by atoms with Crippen molar-refractivity contribution in [2.75, 3.05) is 21.6 Å². The molecule has 0 atom stereocenters. The molecule has 0 saturated carbocycles. The van der Waals surface area contributed by atoms with Crippen molar-refractivity contribution in [2.45, 2.75) is 39.0 Å². The molecule has 176 valence electrons. The molecule has 3 aromatic rings. The average Bonchev–Trinajstić information content (AvgIpc) is 3.14. The molecule has 0 spiro atoms. The first-order valence-corrected chi connectivity index (χ1v) is 13.1. The van der Waals surface area contributed by atoms with E-state index in [1.807, 2.05) is 39.0 Å². The quantitative estimate of drug-likeness (QED) is 0.458. The summed E-state index contributed by atoms with van der Waals surface area (Å²) in [6.45, 7) is 6.19. The second-order valence-corrected chi connectivity index (χ2v) is 10.4. The van der Waals surface area contributed by atoms with E-state index in [2.05, 4.69) is 15.5 Å². The minimum atomic E-state index is -3.65. The van der Waals surface area contributed by atoms with Crippen molar-refractivity contribution in [1.29, 1.82) is 0 Å². The van der Waals surface area contributed by atoms with Crippen LogP contribution in [0.15, 0.2) is 47.6 Å². The van der Waals surface area contributed by atoms with Crippen LogP contribution in [-0.2, 0) is 27.9 Å². The molecule has 8 nitrogen and oxygen atoms in total. The zero-order chi connectivity index (χ0) is 24.2. The maximum atomic E-state index is 13.3. The van der Waals surface area contributed by atoms with Crippen LogP contribution < -0.4 is 9.62 Å². The topological polar surface area (TPSA) is 97.2 Å². The maximum Gasteiger partial charge on any atom is 0.234 e. The van der Waals surface area contributed by atoms with Crippen LogP contribution >= 0.6 is 11.8 Å². The summed E-state index contributed by atoms with van der Waals surface area (Å²) in [5.41, 5.74) is 3.11. The number of amides is 1. The van der Waals surface area contributed by atoms with E-state index in [1.165, 1.54) is 36.0 Å². The Bertz CT molecular complexity index is 1240. The van der Waals surface area contributed by atoms with Gasteiger partial charge in [0.15, 0.2) is 11.0 Å². The molecule has 0 fully saturated rings. The van der Waals surface area contributed by atoms with E-state index in [1.54, 1.807) is 4.57 Å². The molecule has 0 saturated heterocycles. The van der Waals surface area contributed by atoms with Gasteiger partial charge in [-0.25, -0.2) is 12.8 Å². The molecule has 3 rings (SSSR count). The van der Waals surface area contributed by atoms with Gasteiger partial charge in [-0.3, -0.25) is 9.10 Å². The van der Waals surface area contributed by atoms with Crippen molar-refractivity contribution in [3.05, 3.63) is 65.2 Å². The summed E-state index contributed by atoms with van der Waals surface area (Å²) in [6.07, 6.45) is 1.08. The van der Waals surface area contributed by atoms with Crippen LogP contribution in [0.3, 0.4) is 0 Å². The van der Waals surface area contributed by atoms with Crippen LogP contribution in [0.25, 0.3) is 0 Å². The molecule has 1 aromatic heterocycles. The lowest BCUT2D eigenvalue weighted by Crippen LogP contribution is -2.30. The normalized spacial score (nSPS) is 11.4. The Balaban J connectivity index is 1.74. The van der Waals surface area contributed by atoms with E-state index in [-0.39, 0.29) is 18.2 Å². The number of nitrogens with one attached hydrogen (secondary N) is 1. The molecule has 0 aliphatic heterocycles. The van der Waals surface area contributed by atoms with Crippen LogP contribution in [0.2, 0.25) is 0 Å². The van der Waals surface area contributed by atoms with Crippen LogP contribution in [0.1, 0.15) is 23.9 Å². The van der Waals surface area contributed by atoms with Gasteiger partial charge in [0.05, 0.1) is 24.2 Å². The third kappa shape index (κ3) is 6.32. The van der Waals surface area contributed by atoms with Gasteiger partial charge in [-0.1, -0.05) is 23.9 Å². The molecular formula is C22H26FN5O3S2. The number of benzene rings is 2. The van der Waals surface area contributed by atoms with Gasteiger partial charge in [0.1, 0.15) is 5.82 Å². The second kappa shape index (κ2) is 10.3. The Labute approximate surface area is 197 Å². The molecular weight excluding hydrogens is 465 g/mol. The third-order valence-corrected chi connectivity index (χ3v) is 7.02. The van der Waals surface area contributed by atoms with Crippen molar-refractivity contribution in [2.24, 2.45) is 0 Å². The first kappa shape index (κ1) is 24.7. The van der Waals surface area contributed by atoms with Crippen molar-refractivity contribution in [3.63, 3.8) is 0 Å². The Kier molecular flexibility index (Phi) is 7.75. The monoisotopic (exact) mass is 491 g/mol. The standard InChI is InChI=1S/C22H26FN5O3S2/c1-5-27-20(13-28(33(4,30)31)18-10-8-17(23)9-11-18)25-26-22(27)32-14-21(29)24-19-12-15(2)6-7-16(19)3/h6-12H,5,13-14H2,1-4H3,(H,24,29). The summed E-state index contributed by atoms with van der Waals surface area (Å²) in [5, 5.41) is 11.7. The largest absolute Gasteiger partial charge is 0.325 e. The second-order valence-electron chi connectivity index (χ2n) is 7.54. The highest BCUT2D eigenvalue weighted by molar-refractivity contribution is 7.99. The molecule has 1 heterocycles. The van der Waals surface area contributed by atoms with E-state index in [9.17, 15) is 17.6 Å². The summed E-state index contributed by atoms with van der Waals surface area (Å²) < 4.78 is 41.0. The zero-order valence-electron chi connectivity index (χ0n) is 18.9. The Hall–Kier alpha value is -2.92. The fourth-order valence-corrected chi connectivity index (χ4v) is 4.86. The SMILES string of the molecule is CCn1c(CN(c2ccc(F)cc2)S(C)(=O)=O)nnc1SCC(=O)Nc1cc(C)ccc1C. The molecule has 1 N–H and O–H groups in total. The summed E-state index contributed by atoms with van der Waals surface area (Å²) >= 11 is 1.22. The number of anilines is 2. The summed E-state index contributed by atoms with van der Waals surface area (Å²) in [7, 11) is -3.65. The fourth-order valence-electron chi connectivity index (χ4n) is 3.18. The highest BCUT2D eigenvalue weighted by Gasteiger charge is 2.22. The first-order valence-electron chi connectivity index (χ1n) is 10.2. The lowest BCUT2D eigenvalue weighted by molar-refractivity contribution is -0.113. The van der Waals surface area contributed by atoms with Gasteiger partial charge >= 0.3 is 0 Å². The molecule has 0 radical (unpaired) electrons. The van der Waals surface area contributed by atoms with Gasteiger partial charge in [0.2, 0.25) is 15.9 Å². The molecule has 0 aliphatic rings. The first-order chi connectivity index (χ1) is 15.6. The molecule has 33 heavy (non-hydrogen) atoms. The van der Waals surface area contributed by atoms with Gasteiger partial charge in [-0.05, 0) is 62.2 Å². The van der Waals surface area contributed by atoms with Crippen LogP contribution in [-0.4, -0.2) is 41.1 Å². The van der Waals surface area contributed by atoms with Crippen LogP contribution in [0.5, 0.6) is 0 Å². The fraction of sp³-hybridized carbons (Fsp3) is 0.318. The lowest BCUT2D eigenvalue weighted by atomic mass is 10.1. The Morgan fingerprint density at radius 2 is 1.85 bits per heavy atom. The zero-order valence-corrected chi connectivity index (χ0v) is 20.5. The minimum Gasteiger partial charge on any atom is -0.325 e. The number of aryl methyl sites for hydroxylation is 2. The number of rotatable bonds is 9. The highest BCUT2D eigenvalue weighted by atomic mass is 32.2. The van der Waals surface area contributed by atoms with Crippen molar-refractivity contribution in [3.8, 4) is 0 Å². The van der Waals surface area contributed by atoms with Crippen molar-refractivity contribution in [1.82, 2.24) is 14.8 Å². The van der Waals surface area contributed by atoms with Crippen LogP contribution in [0.4, 0.5) is 15.8 Å². The number of thioether (sulfide) groups is 1. The van der Waals surface area contributed by atoms with E-state index < -0.39 is 15.8 Å². The summed E-state index contributed by atoms with van der Waals surface area (Å²) in [4.78, 5) is 12.5. The van der Waals surface area contributed by atoms with Gasteiger partial charge < -0.3 is 9.88 Å². The number of aromatic nitrogens is 3. The minimum absolute atomic E-state index is 0.0689. The van der Waals surface area contributed by atoms with E-state index in [0.717, 1.165) is 27.4 Å². The number of carbonyl (C=O) groups is 1. The van der Waals surface area contributed by atoms with Crippen molar-refractivity contribution >= 4 is 39.1 Å². The van der Waals surface area contributed by atoms with Crippen LogP contribution in [0, 0.1) is 19.7 Å².